The van der Waals surface area contributed by atoms with E-state index in [0.29, 0.717) is 31.9 Å². The van der Waals surface area contributed by atoms with Gasteiger partial charge in [-0.1, -0.05) is 0 Å². The molecule has 2 aromatic rings. The monoisotopic (exact) mass is 529 g/mol. The van der Waals surface area contributed by atoms with Gasteiger partial charge in [-0.3, -0.25) is 14.4 Å². The first-order valence-corrected chi connectivity index (χ1v) is 13.5. The van der Waals surface area contributed by atoms with Crippen LogP contribution in [0.25, 0.3) is 0 Å². The third-order valence-electron chi connectivity index (χ3n) is 6.50. The first kappa shape index (κ1) is 26.4. The Morgan fingerprint density at radius 3 is 2.24 bits per heavy atom. The van der Waals surface area contributed by atoms with Crippen LogP contribution >= 0.6 is 0 Å². The first-order valence-electron chi connectivity index (χ1n) is 12.0. The second kappa shape index (κ2) is 11.2. The molecule has 2 heterocycles. The maximum absolute atomic E-state index is 13.4. The molecule has 2 fully saturated rings. The molecule has 2 aromatic carbocycles. The van der Waals surface area contributed by atoms with E-state index in [0.717, 1.165) is 15.7 Å². The minimum atomic E-state index is -4.05. The van der Waals surface area contributed by atoms with Gasteiger partial charge in [-0.2, -0.15) is 4.31 Å². The van der Waals surface area contributed by atoms with Gasteiger partial charge >= 0.3 is 0 Å². The van der Waals surface area contributed by atoms with E-state index in [9.17, 15) is 22.8 Å². The van der Waals surface area contributed by atoms with E-state index in [1.54, 1.807) is 12.0 Å². The fourth-order valence-corrected chi connectivity index (χ4v) is 6.11. The minimum absolute atomic E-state index is 0.0122. The number of anilines is 2. The van der Waals surface area contributed by atoms with E-state index in [2.05, 4.69) is 15.5 Å². The summed E-state index contributed by atoms with van der Waals surface area (Å²) in [6.45, 7) is 3.76. The van der Waals surface area contributed by atoms with Crippen molar-refractivity contribution in [3.05, 3.63) is 48.5 Å². The largest absolute Gasteiger partial charge is 0.497 e. The molecule has 198 valence electrons. The number of rotatable bonds is 7. The number of benzene rings is 2. The summed E-state index contributed by atoms with van der Waals surface area (Å²) in [7, 11) is -2.43. The van der Waals surface area contributed by atoms with Crippen LogP contribution in [0.1, 0.15) is 13.3 Å². The molecule has 0 aliphatic carbocycles. The Bertz CT molecular complexity index is 1240. The smallest absolute Gasteiger partial charge is 0.243 e. The summed E-state index contributed by atoms with van der Waals surface area (Å²) in [6, 6.07) is 12.3. The van der Waals surface area contributed by atoms with Gasteiger partial charge < -0.3 is 25.2 Å². The molecule has 0 radical (unpaired) electrons. The molecule has 3 amide bonds. The Kier molecular flexibility index (Phi) is 7.98. The van der Waals surface area contributed by atoms with E-state index < -0.39 is 22.0 Å². The molecule has 4 rings (SSSR count). The van der Waals surface area contributed by atoms with Crippen LogP contribution in [0.4, 0.5) is 11.4 Å². The number of amides is 3. The third kappa shape index (κ3) is 6.03. The van der Waals surface area contributed by atoms with Crippen LogP contribution in [0.15, 0.2) is 53.4 Å². The van der Waals surface area contributed by atoms with E-state index in [4.69, 9.17) is 4.74 Å². The summed E-state index contributed by atoms with van der Waals surface area (Å²) in [5.74, 6) is -0.259. The van der Waals surface area contributed by atoms with Gasteiger partial charge in [0.05, 0.1) is 18.4 Å². The molecule has 0 aromatic heterocycles. The molecular formula is C25H31N5O6S. The second-order valence-corrected chi connectivity index (χ2v) is 10.8. The number of ether oxygens (including phenoxy) is 1. The molecule has 0 spiro atoms. The fourth-order valence-electron chi connectivity index (χ4n) is 4.53. The van der Waals surface area contributed by atoms with Gasteiger partial charge in [-0.05, 0) is 48.5 Å². The van der Waals surface area contributed by atoms with Crippen LogP contribution in [0.3, 0.4) is 0 Å². The van der Waals surface area contributed by atoms with Crippen molar-refractivity contribution < 1.29 is 27.5 Å². The number of carbonyl (C=O) groups is 3. The van der Waals surface area contributed by atoms with Crippen molar-refractivity contribution in [2.24, 2.45) is 0 Å². The normalized spacial score (nSPS) is 18.8. The number of hydrogen-bond acceptors (Lipinski definition) is 7. The van der Waals surface area contributed by atoms with E-state index in [1.807, 2.05) is 24.3 Å². The van der Waals surface area contributed by atoms with Crippen LogP contribution in [0.2, 0.25) is 0 Å². The van der Waals surface area contributed by atoms with Gasteiger partial charge in [-0.15, -0.1) is 0 Å². The minimum Gasteiger partial charge on any atom is -0.497 e. The molecule has 2 aliphatic rings. The zero-order valence-electron chi connectivity index (χ0n) is 20.8. The number of hydrogen-bond donors (Lipinski definition) is 2. The first-order chi connectivity index (χ1) is 17.7. The number of nitrogens with one attached hydrogen (secondary N) is 2. The van der Waals surface area contributed by atoms with Gasteiger partial charge in [0.1, 0.15) is 11.8 Å². The van der Waals surface area contributed by atoms with Crippen LogP contribution in [-0.2, 0) is 24.4 Å². The van der Waals surface area contributed by atoms with Crippen molar-refractivity contribution in [3.8, 4) is 5.75 Å². The molecule has 12 heteroatoms. The lowest BCUT2D eigenvalue weighted by molar-refractivity contribution is -0.137. The third-order valence-corrected chi connectivity index (χ3v) is 8.42. The lowest BCUT2D eigenvalue weighted by atomic mass is 10.1. The highest BCUT2D eigenvalue weighted by molar-refractivity contribution is 7.89. The van der Waals surface area contributed by atoms with Gasteiger partial charge in [0.15, 0.2) is 0 Å². The summed E-state index contributed by atoms with van der Waals surface area (Å²) in [5.41, 5.74) is 1.49. The summed E-state index contributed by atoms with van der Waals surface area (Å²) in [6.07, 6.45) is -0.239. The quantitative estimate of drug-likeness (QED) is 0.545. The van der Waals surface area contributed by atoms with Crippen molar-refractivity contribution in [2.45, 2.75) is 24.3 Å². The Morgan fingerprint density at radius 1 is 1.00 bits per heavy atom. The van der Waals surface area contributed by atoms with Crippen molar-refractivity contribution in [1.29, 1.82) is 0 Å². The average Bonchev–Trinajstić information content (AvgIpc) is 2.90. The van der Waals surface area contributed by atoms with Crippen LogP contribution in [0.5, 0.6) is 5.75 Å². The number of carbonyl (C=O) groups excluding carboxylic acids is 3. The zero-order chi connectivity index (χ0) is 26.6. The highest BCUT2D eigenvalue weighted by Crippen LogP contribution is 2.25. The lowest BCUT2D eigenvalue weighted by Gasteiger charge is -2.38. The highest BCUT2D eigenvalue weighted by Gasteiger charge is 2.40. The Morgan fingerprint density at radius 2 is 1.65 bits per heavy atom. The predicted molar refractivity (Wildman–Crippen MR) is 138 cm³/mol. The Balaban J connectivity index is 1.42. The summed E-state index contributed by atoms with van der Waals surface area (Å²) < 4.78 is 33.1. The molecule has 1 atom stereocenters. The molecule has 0 unspecified atom stereocenters. The average molecular weight is 530 g/mol. The van der Waals surface area contributed by atoms with Gasteiger partial charge in [0, 0.05) is 57.6 Å². The molecular weight excluding hydrogens is 498 g/mol. The molecule has 0 bridgehead atoms. The molecule has 2 N–H and O–H groups in total. The van der Waals surface area contributed by atoms with E-state index >= 15 is 0 Å². The topological polar surface area (TPSA) is 128 Å². The van der Waals surface area contributed by atoms with Crippen molar-refractivity contribution >= 4 is 39.1 Å². The summed E-state index contributed by atoms with van der Waals surface area (Å²) in [5, 5.41) is 5.27. The van der Waals surface area contributed by atoms with Crippen molar-refractivity contribution in [1.82, 2.24) is 14.5 Å². The molecule has 37 heavy (non-hydrogen) atoms. The van der Waals surface area contributed by atoms with Crippen LogP contribution in [0, 0.1) is 0 Å². The molecule has 11 nitrogen and oxygen atoms in total. The predicted octanol–water partition coefficient (Wildman–Crippen LogP) is 0.882. The lowest BCUT2D eigenvalue weighted by Crippen LogP contribution is -2.59. The van der Waals surface area contributed by atoms with Crippen molar-refractivity contribution in [3.63, 3.8) is 0 Å². The van der Waals surface area contributed by atoms with Crippen LogP contribution in [-0.4, -0.2) is 87.8 Å². The van der Waals surface area contributed by atoms with Gasteiger partial charge in [0.25, 0.3) is 0 Å². The number of methoxy groups -OCH3 is 1. The molecule has 0 saturated carbocycles. The maximum Gasteiger partial charge on any atom is 0.243 e. The number of piperazine rings is 2. The Hall–Kier alpha value is -3.64. The zero-order valence-corrected chi connectivity index (χ0v) is 21.7. The van der Waals surface area contributed by atoms with Crippen LogP contribution < -0.4 is 20.3 Å². The van der Waals surface area contributed by atoms with E-state index in [-0.39, 0.29) is 36.2 Å². The maximum atomic E-state index is 13.4. The Labute approximate surface area is 216 Å². The van der Waals surface area contributed by atoms with Crippen molar-refractivity contribution in [2.75, 3.05) is 56.6 Å². The summed E-state index contributed by atoms with van der Waals surface area (Å²) >= 11 is 0. The molecule has 2 saturated heterocycles. The summed E-state index contributed by atoms with van der Waals surface area (Å²) in [4.78, 5) is 40.9. The number of sulfonamides is 1. The standard InChI is InChI=1S/C25H31N5O6S/c1-18(31)27-19-3-9-22(10-4-19)37(34,35)30-12-11-26-25(33)23(30)17-24(32)29-15-13-28(14-16-29)20-5-7-21(36-2)8-6-20/h3-10,23H,11-17H2,1-2H3,(H,26,33)(H,27,31)/t23-/m0/s1. The second-order valence-electron chi connectivity index (χ2n) is 8.90. The fraction of sp³-hybridized carbons (Fsp3) is 0.400. The molecule has 2 aliphatic heterocycles. The highest BCUT2D eigenvalue weighted by atomic mass is 32.2. The van der Waals surface area contributed by atoms with Gasteiger partial charge in [0.2, 0.25) is 27.7 Å². The number of nitrogens with zero attached hydrogens (tertiary/aromatic N) is 3. The van der Waals surface area contributed by atoms with E-state index in [1.165, 1.54) is 31.2 Å². The SMILES string of the molecule is COc1ccc(N2CCN(C(=O)C[C@H]3C(=O)NCCN3S(=O)(=O)c3ccc(NC(C)=O)cc3)CC2)cc1. The van der Waals surface area contributed by atoms with Gasteiger partial charge in [-0.25, -0.2) is 8.42 Å².